The number of nitrogens with zero attached hydrogens (tertiary/aromatic N) is 1. The van der Waals surface area contributed by atoms with E-state index in [-0.39, 0.29) is 6.04 Å². The number of pyridine rings is 1. The quantitative estimate of drug-likeness (QED) is 0.729. The normalized spacial score (nSPS) is 12.7. The van der Waals surface area contributed by atoms with E-state index < -0.39 is 0 Å². The lowest BCUT2D eigenvalue weighted by molar-refractivity contribution is 0.142. The first-order chi connectivity index (χ1) is 7.24. The summed E-state index contributed by atoms with van der Waals surface area (Å²) in [7, 11) is 0. The topological polar surface area (TPSA) is 48.1 Å². The van der Waals surface area contributed by atoms with Crippen LogP contribution in [0.25, 0.3) is 0 Å². The van der Waals surface area contributed by atoms with Gasteiger partial charge >= 0.3 is 0 Å². The maximum atomic E-state index is 6.03. The summed E-state index contributed by atoms with van der Waals surface area (Å²) in [5.74, 6) is 0. The van der Waals surface area contributed by atoms with Crippen LogP contribution in [0.3, 0.4) is 0 Å². The minimum atomic E-state index is 0.0327. The molecule has 1 unspecified atom stereocenters. The predicted octanol–water partition coefficient (Wildman–Crippen LogP) is 2.21. The Bertz CT molecular complexity index is 289. The van der Waals surface area contributed by atoms with Crippen LogP contribution in [0.5, 0.6) is 0 Å². The Balaban J connectivity index is 2.36. The highest BCUT2D eigenvalue weighted by atomic mass is 16.5. The monoisotopic (exact) mass is 208 g/mol. The Labute approximate surface area is 91.7 Å². The highest BCUT2D eigenvalue weighted by Gasteiger charge is 2.06. The highest BCUT2D eigenvalue weighted by Crippen LogP contribution is 2.13. The second-order valence-electron chi connectivity index (χ2n) is 3.65. The van der Waals surface area contributed by atoms with E-state index in [9.17, 15) is 0 Å². The van der Waals surface area contributed by atoms with Gasteiger partial charge in [-0.05, 0) is 38.8 Å². The molecule has 15 heavy (non-hydrogen) atoms. The molecule has 0 bridgehead atoms. The molecule has 1 atom stereocenters. The van der Waals surface area contributed by atoms with Crippen molar-refractivity contribution in [1.82, 2.24) is 4.98 Å². The molecular formula is C12H20N2O. The smallest absolute Gasteiger partial charge is 0.0574 e. The first kappa shape index (κ1) is 12.1. The molecule has 0 saturated carbocycles. The molecule has 0 amide bonds. The third kappa shape index (κ3) is 4.40. The molecule has 0 radical (unpaired) electrons. The molecule has 0 fully saturated rings. The molecule has 3 nitrogen and oxygen atoms in total. The van der Waals surface area contributed by atoms with Gasteiger partial charge in [-0.25, -0.2) is 0 Å². The van der Waals surface area contributed by atoms with E-state index in [4.69, 9.17) is 10.5 Å². The van der Waals surface area contributed by atoms with Crippen LogP contribution in [0.2, 0.25) is 0 Å². The molecule has 0 saturated heterocycles. The second-order valence-corrected chi connectivity index (χ2v) is 3.65. The van der Waals surface area contributed by atoms with Crippen LogP contribution >= 0.6 is 0 Å². The van der Waals surface area contributed by atoms with E-state index in [0.29, 0.717) is 0 Å². The van der Waals surface area contributed by atoms with Gasteiger partial charge in [0.05, 0.1) is 5.69 Å². The molecule has 0 aliphatic carbocycles. The number of hydrogen-bond acceptors (Lipinski definition) is 3. The lowest BCUT2D eigenvalue weighted by Crippen LogP contribution is -2.13. The van der Waals surface area contributed by atoms with Crippen molar-refractivity contribution in [2.75, 3.05) is 13.2 Å². The standard InChI is InChI=1S/C12H20N2O/c1-3-15-9-5-7-11(13)12-8-4-6-10(2)14-12/h4,6,8,11H,3,5,7,9,13H2,1-2H3. The van der Waals surface area contributed by atoms with Crippen LogP contribution in [-0.4, -0.2) is 18.2 Å². The van der Waals surface area contributed by atoms with Gasteiger partial charge in [0.25, 0.3) is 0 Å². The Morgan fingerprint density at radius 2 is 2.27 bits per heavy atom. The summed E-state index contributed by atoms with van der Waals surface area (Å²) in [6.45, 7) is 5.55. The largest absolute Gasteiger partial charge is 0.382 e. The minimum Gasteiger partial charge on any atom is -0.382 e. The van der Waals surface area contributed by atoms with E-state index >= 15 is 0 Å². The minimum absolute atomic E-state index is 0.0327. The van der Waals surface area contributed by atoms with Gasteiger partial charge in [0.1, 0.15) is 0 Å². The van der Waals surface area contributed by atoms with Gasteiger partial charge in [-0.3, -0.25) is 4.98 Å². The van der Waals surface area contributed by atoms with Gasteiger partial charge in [0, 0.05) is 24.9 Å². The van der Waals surface area contributed by atoms with Crippen molar-refractivity contribution in [3.05, 3.63) is 29.6 Å². The average molecular weight is 208 g/mol. The summed E-state index contributed by atoms with van der Waals surface area (Å²) in [6, 6.07) is 6.00. The molecule has 84 valence electrons. The lowest BCUT2D eigenvalue weighted by Gasteiger charge is -2.11. The summed E-state index contributed by atoms with van der Waals surface area (Å²) in [5, 5.41) is 0. The van der Waals surface area contributed by atoms with Crippen LogP contribution < -0.4 is 5.73 Å². The van der Waals surface area contributed by atoms with E-state index in [1.54, 1.807) is 0 Å². The second kappa shape index (κ2) is 6.53. The van der Waals surface area contributed by atoms with Crippen LogP contribution in [0.15, 0.2) is 18.2 Å². The molecule has 0 aromatic carbocycles. The molecule has 1 aromatic heterocycles. The third-order valence-electron chi connectivity index (χ3n) is 2.30. The molecule has 1 aromatic rings. The molecule has 1 rings (SSSR count). The SMILES string of the molecule is CCOCCCC(N)c1cccc(C)n1. The Hall–Kier alpha value is -0.930. The first-order valence-corrected chi connectivity index (χ1v) is 5.51. The number of nitrogens with two attached hydrogens (primary N) is 1. The number of ether oxygens (including phenoxy) is 1. The zero-order valence-electron chi connectivity index (χ0n) is 9.57. The summed E-state index contributed by atoms with van der Waals surface area (Å²) >= 11 is 0. The summed E-state index contributed by atoms with van der Waals surface area (Å²) < 4.78 is 5.27. The zero-order chi connectivity index (χ0) is 11.1. The molecular weight excluding hydrogens is 188 g/mol. The number of rotatable bonds is 6. The van der Waals surface area contributed by atoms with Crippen molar-refractivity contribution in [3.8, 4) is 0 Å². The first-order valence-electron chi connectivity index (χ1n) is 5.51. The maximum Gasteiger partial charge on any atom is 0.0574 e. The summed E-state index contributed by atoms with van der Waals surface area (Å²) in [4.78, 5) is 4.41. The molecule has 3 heteroatoms. The van der Waals surface area contributed by atoms with Crippen molar-refractivity contribution in [2.24, 2.45) is 5.73 Å². The van der Waals surface area contributed by atoms with Gasteiger partial charge in [-0.15, -0.1) is 0 Å². The number of aromatic nitrogens is 1. The summed E-state index contributed by atoms with van der Waals surface area (Å²) in [6.07, 6.45) is 1.92. The van der Waals surface area contributed by atoms with Crippen molar-refractivity contribution >= 4 is 0 Å². The number of aryl methyl sites for hydroxylation is 1. The fourth-order valence-electron chi connectivity index (χ4n) is 1.47. The van der Waals surface area contributed by atoms with Gasteiger partial charge in [0.2, 0.25) is 0 Å². The van der Waals surface area contributed by atoms with Crippen LogP contribution in [0, 0.1) is 6.92 Å². The maximum absolute atomic E-state index is 6.03. The Kier molecular flexibility index (Phi) is 5.29. The Morgan fingerprint density at radius 1 is 1.47 bits per heavy atom. The fourth-order valence-corrected chi connectivity index (χ4v) is 1.47. The highest BCUT2D eigenvalue weighted by molar-refractivity contribution is 5.12. The van der Waals surface area contributed by atoms with Crippen molar-refractivity contribution < 1.29 is 4.74 Å². The van der Waals surface area contributed by atoms with Gasteiger partial charge in [-0.2, -0.15) is 0 Å². The average Bonchev–Trinajstić information content (AvgIpc) is 2.24. The molecule has 2 N–H and O–H groups in total. The molecule has 0 spiro atoms. The molecule has 0 aliphatic rings. The van der Waals surface area contributed by atoms with E-state index in [2.05, 4.69) is 4.98 Å². The third-order valence-corrected chi connectivity index (χ3v) is 2.30. The van der Waals surface area contributed by atoms with Gasteiger partial charge in [0.15, 0.2) is 0 Å². The van der Waals surface area contributed by atoms with Crippen molar-refractivity contribution in [1.29, 1.82) is 0 Å². The van der Waals surface area contributed by atoms with Crippen LogP contribution in [0.4, 0.5) is 0 Å². The molecule has 0 aliphatic heterocycles. The molecule has 1 heterocycles. The zero-order valence-corrected chi connectivity index (χ0v) is 9.57. The van der Waals surface area contributed by atoms with E-state index in [1.807, 2.05) is 32.0 Å². The predicted molar refractivity (Wildman–Crippen MR) is 61.6 cm³/mol. The van der Waals surface area contributed by atoms with Gasteiger partial charge in [-0.1, -0.05) is 6.07 Å². The Morgan fingerprint density at radius 3 is 2.93 bits per heavy atom. The van der Waals surface area contributed by atoms with Crippen LogP contribution in [0.1, 0.15) is 37.2 Å². The van der Waals surface area contributed by atoms with E-state index in [1.165, 1.54) is 0 Å². The van der Waals surface area contributed by atoms with Crippen molar-refractivity contribution in [3.63, 3.8) is 0 Å². The fraction of sp³-hybridized carbons (Fsp3) is 0.583. The lowest BCUT2D eigenvalue weighted by atomic mass is 10.1. The van der Waals surface area contributed by atoms with Crippen molar-refractivity contribution in [2.45, 2.75) is 32.7 Å². The van der Waals surface area contributed by atoms with Gasteiger partial charge < -0.3 is 10.5 Å². The van der Waals surface area contributed by atoms with Crippen LogP contribution in [-0.2, 0) is 4.74 Å². The van der Waals surface area contributed by atoms with E-state index in [0.717, 1.165) is 37.4 Å². The summed E-state index contributed by atoms with van der Waals surface area (Å²) in [5.41, 5.74) is 8.03. The number of hydrogen-bond donors (Lipinski definition) is 1.